The summed E-state index contributed by atoms with van der Waals surface area (Å²) in [4.78, 5) is 20.6. The van der Waals surface area contributed by atoms with E-state index in [9.17, 15) is 22.4 Å². The van der Waals surface area contributed by atoms with Crippen LogP contribution >= 0.6 is 0 Å². The molecule has 2 N–H and O–H groups in total. The number of amides is 1. The molecule has 0 fully saturated rings. The van der Waals surface area contributed by atoms with E-state index in [1.807, 2.05) is 0 Å². The lowest BCUT2D eigenvalue weighted by molar-refractivity contribution is -0.136. The fourth-order valence-electron chi connectivity index (χ4n) is 2.46. The topological polar surface area (TPSA) is 66.9 Å². The number of carbonyl (C=O) groups excluding carboxylic acids is 1. The first-order chi connectivity index (χ1) is 13.2. The molecule has 144 valence electrons. The quantitative estimate of drug-likeness (QED) is 0.620. The number of anilines is 3. The standard InChI is InChI=1S/C19H14F4N4O/c1-11-9-16(27-18(24-11)25-13-6-4-5-12(20)10-13)17(28)26-15-8-3-2-7-14(15)19(21,22)23/h2-10H,1H3,(H,26,28)(H,24,25,27). The lowest BCUT2D eigenvalue weighted by Gasteiger charge is -2.14. The van der Waals surface area contributed by atoms with Crippen LogP contribution in [0, 0.1) is 12.7 Å². The van der Waals surface area contributed by atoms with Gasteiger partial charge in [-0.1, -0.05) is 18.2 Å². The van der Waals surface area contributed by atoms with E-state index < -0.39 is 23.5 Å². The Morgan fingerprint density at radius 2 is 1.75 bits per heavy atom. The normalized spacial score (nSPS) is 11.2. The maximum absolute atomic E-state index is 13.3. The molecule has 1 amide bonds. The van der Waals surface area contributed by atoms with E-state index in [1.165, 1.54) is 36.4 Å². The molecule has 0 radical (unpaired) electrons. The predicted molar refractivity (Wildman–Crippen MR) is 95.8 cm³/mol. The molecule has 0 saturated carbocycles. The third-order valence-electron chi connectivity index (χ3n) is 3.65. The first-order valence-electron chi connectivity index (χ1n) is 8.08. The number of carbonyl (C=O) groups is 1. The first-order valence-corrected chi connectivity index (χ1v) is 8.08. The maximum Gasteiger partial charge on any atom is 0.418 e. The number of para-hydroxylation sites is 1. The molecule has 0 spiro atoms. The van der Waals surface area contributed by atoms with Crippen LogP contribution in [0.5, 0.6) is 0 Å². The molecule has 0 aliphatic heterocycles. The van der Waals surface area contributed by atoms with Gasteiger partial charge in [-0.15, -0.1) is 0 Å². The van der Waals surface area contributed by atoms with Crippen molar-refractivity contribution in [1.29, 1.82) is 0 Å². The minimum Gasteiger partial charge on any atom is -0.324 e. The highest BCUT2D eigenvalue weighted by Crippen LogP contribution is 2.34. The van der Waals surface area contributed by atoms with Gasteiger partial charge in [0.15, 0.2) is 0 Å². The number of nitrogens with one attached hydrogen (secondary N) is 2. The average Bonchev–Trinajstić information content (AvgIpc) is 2.61. The van der Waals surface area contributed by atoms with Gasteiger partial charge < -0.3 is 10.6 Å². The van der Waals surface area contributed by atoms with Crippen LogP contribution in [0.25, 0.3) is 0 Å². The molecular weight excluding hydrogens is 376 g/mol. The Hall–Kier alpha value is -3.49. The van der Waals surface area contributed by atoms with Crippen LogP contribution in [0.15, 0.2) is 54.6 Å². The Balaban J connectivity index is 1.86. The number of alkyl halides is 3. The molecule has 5 nitrogen and oxygen atoms in total. The summed E-state index contributed by atoms with van der Waals surface area (Å²) >= 11 is 0. The Morgan fingerprint density at radius 1 is 1.00 bits per heavy atom. The zero-order chi connectivity index (χ0) is 20.3. The van der Waals surface area contributed by atoms with Gasteiger partial charge in [0.1, 0.15) is 11.5 Å². The van der Waals surface area contributed by atoms with Gasteiger partial charge in [0.25, 0.3) is 5.91 Å². The fraction of sp³-hybridized carbons (Fsp3) is 0.105. The summed E-state index contributed by atoms with van der Waals surface area (Å²) in [5, 5.41) is 4.98. The van der Waals surface area contributed by atoms with Crippen LogP contribution in [0.4, 0.5) is 34.9 Å². The van der Waals surface area contributed by atoms with Crippen molar-refractivity contribution >= 4 is 23.2 Å². The van der Waals surface area contributed by atoms with Crippen LogP contribution in [0.1, 0.15) is 21.7 Å². The summed E-state index contributed by atoms with van der Waals surface area (Å²) in [7, 11) is 0. The van der Waals surface area contributed by atoms with Crippen LogP contribution in [0.3, 0.4) is 0 Å². The summed E-state index contributed by atoms with van der Waals surface area (Å²) in [6.45, 7) is 1.60. The van der Waals surface area contributed by atoms with E-state index in [0.29, 0.717) is 11.4 Å². The van der Waals surface area contributed by atoms with Gasteiger partial charge in [-0.25, -0.2) is 14.4 Å². The van der Waals surface area contributed by atoms with Gasteiger partial charge in [-0.05, 0) is 43.3 Å². The zero-order valence-electron chi connectivity index (χ0n) is 14.5. The summed E-state index contributed by atoms with van der Waals surface area (Å²) in [5.74, 6) is -1.29. The second-order valence-corrected chi connectivity index (χ2v) is 5.85. The van der Waals surface area contributed by atoms with E-state index >= 15 is 0 Å². The number of nitrogens with zero attached hydrogens (tertiary/aromatic N) is 2. The SMILES string of the molecule is Cc1cc(C(=O)Nc2ccccc2C(F)(F)F)nc(Nc2cccc(F)c2)n1. The second kappa shape index (κ2) is 7.63. The molecule has 1 aromatic heterocycles. The Bertz CT molecular complexity index is 1020. The molecule has 28 heavy (non-hydrogen) atoms. The van der Waals surface area contributed by atoms with Crippen molar-refractivity contribution in [3.8, 4) is 0 Å². The summed E-state index contributed by atoms with van der Waals surface area (Å²) in [5.41, 5.74) is -0.714. The number of benzene rings is 2. The lowest BCUT2D eigenvalue weighted by Crippen LogP contribution is -2.18. The van der Waals surface area contributed by atoms with Crippen molar-refractivity contribution in [3.63, 3.8) is 0 Å². The zero-order valence-corrected chi connectivity index (χ0v) is 14.5. The summed E-state index contributed by atoms with van der Waals surface area (Å²) < 4.78 is 52.6. The number of aryl methyl sites for hydroxylation is 1. The first kappa shape index (κ1) is 19.3. The minimum absolute atomic E-state index is 0.0138. The van der Waals surface area contributed by atoms with Gasteiger partial charge in [-0.2, -0.15) is 13.2 Å². The van der Waals surface area contributed by atoms with E-state index in [0.717, 1.165) is 12.1 Å². The van der Waals surface area contributed by atoms with E-state index in [1.54, 1.807) is 13.0 Å². The molecule has 0 atom stereocenters. The number of hydrogen-bond donors (Lipinski definition) is 2. The molecule has 0 saturated heterocycles. The second-order valence-electron chi connectivity index (χ2n) is 5.85. The Morgan fingerprint density at radius 3 is 2.46 bits per heavy atom. The van der Waals surface area contributed by atoms with Gasteiger partial charge in [0, 0.05) is 11.4 Å². The van der Waals surface area contributed by atoms with Gasteiger partial charge in [0.05, 0.1) is 11.3 Å². The van der Waals surface area contributed by atoms with Gasteiger partial charge >= 0.3 is 6.18 Å². The third kappa shape index (κ3) is 4.61. The van der Waals surface area contributed by atoms with E-state index in [2.05, 4.69) is 20.6 Å². The summed E-state index contributed by atoms with van der Waals surface area (Å²) in [6.07, 6.45) is -4.62. The van der Waals surface area contributed by atoms with Crippen molar-refractivity contribution in [2.45, 2.75) is 13.1 Å². The monoisotopic (exact) mass is 390 g/mol. The van der Waals surface area contributed by atoms with Gasteiger partial charge in [0.2, 0.25) is 5.95 Å². The number of aromatic nitrogens is 2. The molecule has 3 rings (SSSR count). The van der Waals surface area contributed by atoms with Crippen molar-refractivity contribution in [2.24, 2.45) is 0 Å². The molecule has 0 aliphatic rings. The van der Waals surface area contributed by atoms with Crippen molar-refractivity contribution in [2.75, 3.05) is 10.6 Å². The molecule has 0 aliphatic carbocycles. The minimum atomic E-state index is -4.62. The highest BCUT2D eigenvalue weighted by molar-refractivity contribution is 6.03. The van der Waals surface area contributed by atoms with Crippen LogP contribution < -0.4 is 10.6 Å². The molecule has 1 heterocycles. The van der Waals surface area contributed by atoms with Gasteiger partial charge in [-0.3, -0.25) is 4.79 Å². The van der Waals surface area contributed by atoms with E-state index in [4.69, 9.17) is 0 Å². The van der Waals surface area contributed by atoms with Crippen molar-refractivity contribution < 1.29 is 22.4 Å². The lowest BCUT2D eigenvalue weighted by atomic mass is 10.1. The Labute approximate surface area is 157 Å². The van der Waals surface area contributed by atoms with Crippen LogP contribution in [0.2, 0.25) is 0 Å². The molecule has 2 aromatic carbocycles. The van der Waals surface area contributed by atoms with Crippen LogP contribution in [-0.4, -0.2) is 15.9 Å². The third-order valence-corrected chi connectivity index (χ3v) is 3.65. The predicted octanol–water partition coefficient (Wildman–Crippen LogP) is 4.94. The van der Waals surface area contributed by atoms with Crippen LogP contribution in [-0.2, 0) is 6.18 Å². The number of hydrogen-bond acceptors (Lipinski definition) is 4. The highest BCUT2D eigenvalue weighted by Gasteiger charge is 2.33. The highest BCUT2D eigenvalue weighted by atomic mass is 19.4. The van der Waals surface area contributed by atoms with Crippen molar-refractivity contribution in [3.05, 3.63) is 77.4 Å². The van der Waals surface area contributed by atoms with E-state index in [-0.39, 0.29) is 17.3 Å². The summed E-state index contributed by atoms with van der Waals surface area (Å²) in [6, 6.07) is 11.5. The average molecular weight is 390 g/mol. The molecule has 0 unspecified atom stereocenters. The Kier molecular flexibility index (Phi) is 5.25. The number of rotatable bonds is 4. The molecule has 3 aromatic rings. The fourth-order valence-corrected chi connectivity index (χ4v) is 2.46. The largest absolute Gasteiger partial charge is 0.418 e. The number of halogens is 4. The molecule has 9 heteroatoms. The van der Waals surface area contributed by atoms with Crippen molar-refractivity contribution in [1.82, 2.24) is 9.97 Å². The molecule has 0 bridgehead atoms. The smallest absolute Gasteiger partial charge is 0.324 e. The maximum atomic E-state index is 13.3. The molecular formula is C19H14F4N4O.